The van der Waals surface area contributed by atoms with Crippen molar-refractivity contribution in [1.82, 2.24) is 10.3 Å². The van der Waals surface area contributed by atoms with Gasteiger partial charge in [-0.05, 0) is 55.7 Å². The third-order valence-corrected chi connectivity index (χ3v) is 4.29. The van der Waals surface area contributed by atoms with Gasteiger partial charge in [-0.1, -0.05) is 11.8 Å². The fourth-order valence-corrected chi connectivity index (χ4v) is 2.74. The van der Waals surface area contributed by atoms with Crippen molar-refractivity contribution in [3.8, 4) is 0 Å². The van der Waals surface area contributed by atoms with Gasteiger partial charge in [0.25, 0.3) is 0 Å². The Balaban J connectivity index is 2.37. The molecule has 0 aliphatic heterocycles. The van der Waals surface area contributed by atoms with E-state index in [-0.39, 0.29) is 5.91 Å². The number of pyridine rings is 1. The number of aryl methyl sites for hydroxylation is 3. The summed E-state index contributed by atoms with van der Waals surface area (Å²) in [7, 11) is 1.65. The molecule has 0 aliphatic rings. The van der Waals surface area contributed by atoms with E-state index in [1.54, 1.807) is 7.05 Å². The Morgan fingerprint density at radius 1 is 1.16 bits per heavy atom. The summed E-state index contributed by atoms with van der Waals surface area (Å²) in [6.45, 7) is 6.24. The van der Waals surface area contributed by atoms with Crippen LogP contribution < -0.4 is 5.32 Å². The van der Waals surface area contributed by atoms with Gasteiger partial charge in [-0.3, -0.25) is 4.79 Å². The Kier molecular flexibility index (Phi) is 4.10. The Morgan fingerprint density at radius 2 is 1.79 bits per heavy atom. The Bertz CT molecular complexity index is 638. The van der Waals surface area contributed by atoms with Gasteiger partial charge in [-0.15, -0.1) is 0 Å². The van der Waals surface area contributed by atoms with Crippen LogP contribution in [0.4, 0.5) is 0 Å². The number of nitrogens with zero attached hydrogens (tertiary/aromatic N) is 1. The topological polar surface area (TPSA) is 42.0 Å². The van der Waals surface area contributed by atoms with Gasteiger partial charge in [-0.2, -0.15) is 0 Å². The van der Waals surface area contributed by atoms with Crippen LogP contribution in [0.1, 0.15) is 16.7 Å². The highest BCUT2D eigenvalue weighted by molar-refractivity contribution is 7.99. The molecule has 0 radical (unpaired) electrons. The van der Waals surface area contributed by atoms with Crippen LogP contribution in [0.15, 0.2) is 23.2 Å². The van der Waals surface area contributed by atoms with Gasteiger partial charge in [0.15, 0.2) is 0 Å². The maximum absolute atomic E-state index is 11.3. The molecule has 19 heavy (non-hydrogen) atoms. The van der Waals surface area contributed by atoms with E-state index in [0.717, 1.165) is 21.5 Å². The first kappa shape index (κ1) is 13.9. The standard InChI is InChI=1S/C15H18N2OS/c1-9-5-12-6-11(3)15(19-8-14(18)16-4)17-13(12)7-10(9)2/h5-7H,8H2,1-4H3,(H,16,18). The van der Waals surface area contributed by atoms with Crippen molar-refractivity contribution in [2.75, 3.05) is 12.8 Å². The second-order valence-electron chi connectivity index (χ2n) is 4.70. The minimum absolute atomic E-state index is 0.0198. The number of hydrogen-bond donors (Lipinski definition) is 1. The van der Waals surface area contributed by atoms with Crippen LogP contribution in [0.3, 0.4) is 0 Å². The lowest BCUT2D eigenvalue weighted by Gasteiger charge is -2.08. The van der Waals surface area contributed by atoms with Gasteiger partial charge >= 0.3 is 0 Å². The van der Waals surface area contributed by atoms with E-state index in [2.05, 4.69) is 42.3 Å². The molecule has 1 aromatic carbocycles. The Labute approximate surface area is 117 Å². The van der Waals surface area contributed by atoms with Crippen LogP contribution in [0, 0.1) is 20.8 Å². The number of fused-ring (bicyclic) bond motifs is 1. The molecule has 1 aromatic heterocycles. The van der Waals surface area contributed by atoms with Gasteiger partial charge in [-0.25, -0.2) is 4.98 Å². The molecule has 4 heteroatoms. The van der Waals surface area contributed by atoms with Crippen molar-refractivity contribution < 1.29 is 4.79 Å². The predicted molar refractivity (Wildman–Crippen MR) is 80.7 cm³/mol. The fourth-order valence-electron chi connectivity index (χ4n) is 1.88. The molecule has 3 nitrogen and oxygen atoms in total. The Hall–Kier alpha value is -1.55. The summed E-state index contributed by atoms with van der Waals surface area (Å²) < 4.78 is 0. The highest BCUT2D eigenvalue weighted by atomic mass is 32.2. The van der Waals surface area contributed by atoms with Crippen molar-refractivity contribution in [1.29, 1.82) is 0 Å². The number of nitrogens with one attached hydrogen (secondary N) is 1. The van der Waals surface area contributed by atoms with E-state index in [9.17, 15) is 4.79 Å². The molecule has 1 N–H and O–H groups in total. The second kappa shape index (κ2) is 5.61. The summed E-state index contributed by atoms with van der Waals surface area (Å²) in [4.78, 5) is 16.0. The van der Waals surface area contributed by atoms with Crippen molar-refractivity contribution in [3.05, 3.63) is 34.9 Å². The third-order valence-electron chi connectivity index (χ3n) is 3.19. The average molecular weight is 274 g/mol. The maximum Gasteiger partial charge on any atom is 0.230 e. The number of carbonyl (C=O) groups excluding carboxylic acids is 1. The zero-order valence-corrected chi connectivity index (χ0v) is 12.5. The molecule has 0 saturated carbocycles. The van der Waals surface area contributed by atoms with Crippen LogP contribution in [0.2, 0.25) is 0 Å². The molecular weight excluding hydrogens is 256 g/mol. The van der Waals surface area contributed by atoms with E-state index in [1.165, 1.54) is 22.9 Å². The quantitative estimate of drug-likeness (QED) is 0.875. The first-order valence-electron chi connectivity index (χ1n) is 6.23. The monoisotopic (exact) mass is 274 g/mol. The number of thioether (sulfide) groups is 1. The molecule has 1 amide bonds. The first-order chi connectivity index (χ1) is 9.01. The number of hydrogen-bond acceptors (Lipinski definition) is 3. The SMILES string of the molecule is CNC(=O)CSc1nc2cc(C)c(C)cc2cc1C. The van der Waals surface area contributed by atoms with Crippen LogP contribution >= 0.6 is 11.8 Å². The number of aromatic nitrogens is 1. The molecule has 0 spiro atoms. The molecule has 2 aromatic rings. The normalized spacial score (nSPS) is 10.7. The Morgan fingerprint density at radius 3 is 2.47 bits per heavy atom. The highest BCUT2D eigenvalue weighted by Gasteiger charge is 2.08. The smallest absolute Gasteiger partial charge is 0.230 e. The lowest BCUT2D eigenvalue weighted by atomic mass is 10.1. The summed E-state index contributed by atoms with van der Waals surface area (Å²) in [6, 6.07) is 6.41. The summed E-state index contributed by atoms with van der Waals surface area (Å²) in [5.41, 5.74) is 4.63. The lowest BCUT2D eigenvalue weighted by molar-refractivity contribution is -0.118. The summed E-state index contributed by atoms with van der Waals surface area (Å²) >= 11 is 1.48. The number of carbonyl (C=O) groups is 1. The maximum atomic E-state index is 11.3. The van der Waals surface area contributed by atoms with Gasteiger partial charge in [0.05, 0.1) is 11.3 Å². The molecule has 2 rings (SSSR count). The zero-order chi connectivity index (χ0) is 14.0. The minimum Gasteiger partial charge on any atom is -0.358 e. The van der Waals surface area contributed by atoms with Crippen LogP contribution in [0.25, 0.3) is 10.9 Å². The van der Waals surface area contributed by atoms with E-state index < -0.39 is 0 Å². The molecule has 0 aliphatic carbocycles. The molecular formula is C15H18N2OS. The molecule has 0 atom stereocenters. The predicted octanol–water partition coefficient (Wildman–Crippen LogP) is 3.00. The van der Waals surface area contributed by atoms with Crippen molar-refractivity contribution in [2.24, 2.45) is 0 Å². The van der Waals surface area contributed by atoms with Crippen LogP contribution in [0.5, 0.6) is 0 Å². The number of rotatable bonds is 3. The largest absolute Gasteiger partial charge is 0.358 e. The first-order valence-corrected chi connectivity index (χ1v) is 7.22. The zero-order valence-electron chi connectivity index (χ0n) is 11.7. The molecule has 0 bridgehead atoms. The molecule has 100 valence electrons. The van der Waals surface area contributed by atoms with Crippen molar-refractivity contribution in [2.45, 2.75) is 25.8 Å². The number of amides is 1. The lowest BCUT2D eigenvalue weighted by Crippen LogP contribution is -2.19. The summed E-state index contributed by atoms with van der Waals surface area (Å²) in [6.07, 6.45) is 0. The number of benzene rings is 1. The van der Waals surface area contributed by atoms with Gasteiger partial charge in [0.2, 0.25) is 5.91 Å². The van der Waals surface area contributed by atoms with E-state index >= 15 is 0 Å². The van der Waals surface area contributed by atoms with Crippen molar-refractivity contribution in [3.63, 3.8) is 0 Å². The molecule has 0 fully saturated rings. The van der Waals surface area contributed by atoms with E-state index in [1.807, 2.05) is 6.92 Å². The molecule has 1 heterocycles. The van der Waals surface area contributed by atoms with Gasteiger partial charge in [0.1, 0.15) is 5.03 Å². The summed E-state index contributed by atoms with van der Waals surface area (Å²) in [5, 5.41) is 4.71. The second-order valence-corrected chi connectivity index (χ2v) is 5.67. The minimum atomic E-state index is 0.0198. The average Bonchev–Trinajstić information content (AvgIpc) is 2.38. The van der Waals surface area contributed by atoms with Gasteiger partial charge < -0.3 is 5.32 Å². The summed E-state index contributed by atoms with van der Waals surface area (Å²) in [5.74, 6) is 0.423. The van der Waals surface area contributed by atoms with E-state index in [4.69, 9.17) is 0 Å². The van der Waals surface area contributed by atoms with Crippen molar-refractivity contribution >= 4 is 28.6 Å². The third kappa shape index (κ3) is 3.07. The molecule has 0 unspecified atom stereocenters. The fraction of sp³-hybridized carbons (Fsp3) is 0.333. The van der Waals surface area contributed by atoms with Gasteiger partial charge in [0, 0.05) is 12.4 Å². The van der Waals surface area contributed by atoms with Crippen LogP contribution in [-0.4, -0.2) is 23.7 Å². The van der Waals surface area contributed by atoms with E-state index in [0.29, 0.717) is 5.75 Å². The van der Waals surface area contributed by atoms with Crippen LogP contribution in [-0.2, 0) is 4.79 Å². The highest BCUT2D eigenvalue weighted by Crippen LogP contribution is 2.26. The molecule has 0 saturated heterocycles.